The van der Waals surface area contributed by atoms with Crippen molar-refractivity contribution in [3.63, 3.8) is 0 Å². The van der Waals surface area contributed by atoms with Gasteiger partial charge in [0.05, 0.1) is 29.6 Å². The number of hydrogen-bond donors (Lipinski definition) is 1. The van der Waals surface area contributed by atoms with E-state index in [-0.39, 0.29) is 29.0 Å². The number of nitrogens with one attached hydrogen (secondary N) is 1. The maximum Gasteiger partial charge on any atom is 0.417 e. The van der Waals surface area contributed by atoms with Crippen molar-refractivity contribution in [1.29, 1.82) is 0 Å². The molecule has 178 valence electrons. The van der Waals surface area contributed by atoms with E-state index < -0.39 is 35.3 Å². The predicted molar refractivity (Wildman–Crippen MR) is 110 cm³/mol. The normalized spacial score (nSPS) is 22.1. The van der Waals surface area contributed by atoms with E-state index in [2.05, 4.69) is 20.5 Å². The van der Waals surface area contributed by atoms with Crippen molar-refractivity contribution in [3.05, 3.63) is 65.6 Å². The smallest absolute Gasteiger partial charge is 0.363 e. The van der Waals surface area contributed by atoms with Gasteiger partial charge in [-0.2, -0.15) is 23.4 Å². The minimum absolute atomic E-state index is 0.0705. The lowest BCUT2D eigenvalue weighted by molar-refractivity contribution is -0.138. The Labute approximate surface area is 190 Å². The quantitative estimate of drug-likeness (QED) is 0.573. The van der Waals surface area contributed by atoms with E-state index >= 15 is 0 Å². The molecule has 3 unspecified atom stereocenters. The highest BCUT2D eigenvalue weighted by atomic mass is 19.4. The minimum Gasteiger partial charge on any atom is -0.363 e. The van der Waals surface area contributed by atoms with E-state index in [4.69, 9.17) is 0 Å². The lowest BCUT2D eigenvalue weighted by Crippen LogP contribution is -2.60. The van der Waals surface area contributed by atoms with Crippen LogP contribution in [0.15, 0.2) is 42.9 Å². The zero-order chi connectivity index (χ0) is 24.0. The summed E-state index contributed by atoms with van der Waals surface area (Å²) in [5, 5.41) is 10.8. The van der Waals surface area contributed by atoms with Gasteiger partial charge in [-0.05, 0) is 43.4 Å². The number of hydrogen-bond acceptors (Lipinski definition) is 5. The van der Waals surface area contributed by atoms with Crippen LogP contribution in [0.3, 0.4) is 0 Å². The van der Waals surface area contributed by atoms with E-state index in [1.165, 1.54) is 30.6 Å². The molecular formula is C22H19F5N6O. The fourth-order valence-corrected chi connectivity index (χ4v) is 4.83. The molecule has 1 aliphatic carbocycles. The molecule has 2 aliphatic heterocycles. The van der Waals surface area contributed by atoms with Gasteiger partial charge in [-0.25, -0.2) is 13.8 Å². The summed E-state index contributed by atoms with van der Waals surface area (Å²) in [5.74, 6) is -2.40. The number of pyridine rings is 1. The van der Waals surface area contributed by atoms with E-state index in [1.54, 1.807) is 4.90 Å². The maximum atomic E-state index is 14.6. The number of carbonyl (C=O) groups excluding carboxylic acids is 1. The van der Waals surface area contributed by atoms with Gasteiger partial charge in [0.15, 0.2) is 17.5 Å². The highest BCUT2D eigenvalue weighted by molar-refractivity contribution is 5.98. The number of carbonyl (C=O) groups is 1. The molecule has 2 saturated heterocycles. The van der Waals surface area contributed by atoms with Gasteiger partial charge in [0, 0.05) is 18.8 Å². The summed E-state index contributed by atoms with van der Waals surface area (Å²) in [7, 11) is 0. The van der Waals surface area contributed by atoms with Crippen LogP contribution >= 0.6 is 0 Å². The first-order valence-electron chi connectivity index (χ1n) is 10.7. The summed E-state index contributed by atoms with van der Waals surface area (Å²) < 4.78 is 67.5. The van der Waals surface area contributed by atoms with Gasteiger partial charge in [0.2, 0.25) is 0 Å². The summed E-state index contributed by atoms with van der Waals surface area (Å²) in [6.45, 7) is 0.438. The molecular weight excluding hydrogens is 459 g/mol. The Morgan fingerprint density at radius 3 is 2.53 bits per heavy atom. The Hall–Kier alpha value is -3.57. The first kappa shape index (κ1) is 22.2. The molecule has 34 heavy (non-hydrogen) atoms. The number of halogens is 5. The third-order valence-electron chi connectivity index (χ3n) is 6.37. The van der Waals surface area contributed by atoms with Crippen LogP contribution < -0.4 is 5.32 Å². The molecule has 2 aromatic heterocycles. The number of nitrogens with zero attached hydrogens (tertiary/aromatic N) is 5. The number of benzene rings is 1. The second-order valence-corrected chi connectivity index (χ2v) is 8.46. The molecule has 4 heterocycles. The van der Waals surface area contributed by atoms with Gasteiger partial charge in [-0.15, -0.1) is 4.80 Å². The number of aromatic nitrogens is 4. The van der Waals surface area contributed by atoms with Crippen molar-refractivity contribution in [1.82, 2.24) is 24.9 Å². The highest BCUT2D eigenvalue weighted by Gasteiger charge is 2.44. The molecule has 1 saturated carbocycles. The number of fused-ring (bicyclic) bond motifs is 3. The van der Waals surface area contributed by atoms with Crippen molar-refractivity contribution in [2.24, 2.45) is 5.92 Å². The standard InChI is InChI=1S/C22H19F5N6O/c23-15-3-1-2-14(19(15)33-29-6-7-30-33)21(34)32-11-12-4-5-18(32)17(8-12)31-20-16(24)9-13(10-28-20)22(25,26)27/h1-3,6-7,9-10,12,17-18H,4-5,8,11H2,(H,28,31). The molecule has 1 N–H and O–H groups in total. The van der Waals surface area contributed by atoms with Gasteiger partial charge in [0.1, 0.15) is 5.69 Å². The molecule has 3 aromatic rings. The minimum atomic E-state index is -4.70. The van der Waals surface area contributed by atoms with Crippen LogP contribution in [0.5, 0.6) is 0 Å². The van der Waals surface area contributed by atoms with Crippen LogP contribution in [0.2, 0.25) is 0 Å². The van der Waals surface area contributed by atoms with Crippen LogP contribution in [-0.4, -0.2) is 49.4 Å². The van der Waals surface area contributed by atoms with Gasteiger partial charge in [0.25, 0.3) is 5.91 Å². The summed E-state index contributed by atoms with van der Waals surface area (Å²) in [6.07, 6.45) is 0.682. The molecule has 0 spiro atoms. The molecule has 3 aliphatic rings. The molecule has 3 fully saturated rings. The molecule has 6 rings (SSSR count). The third kappa shape index (κ3) is 3.97. The van der Waals surface area contributed by atoms with Gasteiger partial charge in [-0.3, -0.25) is 4.79 Å². The molecule has 1 amide bonds. The van der Waals surface area contributed by atoms with E-state index in [0.717, 1.165) is 11.2 Å². The second kappa shape index (κ2) is 8.33. The van der Waals surface area contributed by atoms with Crippen LogP contribution in [0.25, 0.3) is 5.69 Å². The Bertz CT molecular complexity index is 1210. The van der Waals surface area contributed by atoms with Crippen molar-refractivity contribution in [2.45, 2.75) is 37.5 Å². The average Bonchev–Trinajstić information content (AvgIpc) is 3.34. The molecule has 12 heteroatoms. The Kier molecular flexibility index (Phi) is 5.45. The van der Waals surface area contributed by atoms with Crippen LogP contribution in [0, 0.1) is 17.6 Å². The largest absolute Gasteiger partial charge is 0.417 e. The molecule has 0 radical (unpaired) electrons. The monoisotopic (exact) mass is 478 g/mol. The fourth-order valence-electron chi connectivity index (χ4n) is 4.83. The number of anilines is 1. The molecule has 7 nitrogen and oxygen atoms in total. The first-order chi connectivity index (χ1) is 16.2. The van der Waals surface area contributed by atoms with Gasteiger partial charge >= 0.3 is 6.18 Å². The summed E-state index contributed by atoms with van der Waals surface area (Å²) in [5.41, 5.74) is -1.16. The zero-order valence-corrected chi connectivity index (χ0v) is 17.6. The maximum absolute atomic E-state index is 14.6. The Morgan fingerprint density at radius 1 is 1.09 bits per heavy atom. The van der Waals surface area contributed by atoms with E-state index in [0.29, 0.717) is 31.6 Å². The Balaban J connectivity index is 1.42. The topological polar surface area (TPSA) is 75.9 Å². The van der Waals surface area contributed by atoms with Gasteiger partial charge < -0.3 is 10.2 Å². The van der Waals surface area contributed by atoms with Crippen LogP contribution in [-0.2, 0) is 6.18 Å². The average molecular weight is 478 g/mol. The predicted octanol–water partition coefficient (Wildman–Crippen LogP) is 4.06. The lowest BCUT2D eigenvalue weighted by atomic mass is 9.76. The van der Waals surface area contributed by atoms with Crippen molar-refractivity contribution < 1.29 is 26.7 Å². The van der Waals surface area contributed by atoms with Crippen LogP contribution in [0.4, 0.5) is 27.8 Å². The molecule has 2 bridgehead atoms. The third-order valence-corrected chi connectivity index (χ3v) is 6.37. The highest BCUT2D eigenvalue weighted by Crippen LogP contribution is 2.38. The summed E-state index contributed by atoms with van der Waals surface area (Å²) >= 11 is 0. The summed E-state index contributed by atoms with van der Waals surface area (Å²) in [4.78, 5) is 19.8. The number of rotatable bonds is 4. The van der Waals surface area contributed by atoms with Gasteiger partial charge in [-0.1, -0.05) is 6.07 Å². The van der Waals surface area contributed by atoms with E-state index in [9.17, 15) is 26.7 Å². The summed E-state index contributed by atoms with van der Waals surface area (Å²) in [6, 6.07) is 3.73. The second-order valence-electron chi connectivity index (χ2n) is 8.46. The first-order valence-corrected chi connectivity index (χ1v) is 10.7. The van der Waals surface area contributed by atoms with E-state index in [1.807, 2.05) is 0 Å². The van der Waals surface area contributed by atoms with Crippen molar-refractivity contribution >= 4 is 11.7 Å². The number of amides is 1. The van der Waals surface area contributed by atoms with Crippen molar-refractivity contribution in [2.75, 3.05) is 11.9 Å². The number of piperidine rings is 2. The SMILES string of the molecule is O=C(c1cccc(F)c1-n1nccn1)N1CC2CCC1C(Nc1ncc(C(F)(F)F)cc1F)C2. The molecule has 3 atom stereocenters. The lowest BCUT2D eigenvalue weighted by Gasteiger charge is -2.50. The van der Waals surface area contributed by atoms with Crippen LogP contribution in [0.1, 0.15) is 35.2 Å². The Morgan fingerprint density at radius 2 is 1.85 bits per heavy atom. The number of alkyl halides is 3. The fraction of sp³-hybridized carbons (Fsp3) is 0.364. The molecule has 1 aromatic carbocycles. The number of para-hydroxylation sites is 1. The van der Waals surface area contributed by atoms with Crippen molar-refractivity contribution in [3.8, 4) is 5.69 Å². The zero-order valence-electron chi connectivity index (χ0n) is 17.6.